The number of anilines is 1. The molecule has 1 fully saturated rings. The Hall–Kier alpha value is -2.66. The summed E-state index contributed by atoms with van der Waals surface area (Å²) >= 11 is 6.24. The summed E-state index contributed by atoms with van der Waals surface area (Å²) in [6.07, 6.45) is 8.64. The standard InChI is InChI=1S/C25H30ClN3O2/c1-31-21-10-7-17(8-11-21)24-15-18(22-16-19(26)9-12-23(22)27)13-14-29(24)25(30)28-20-5-3-2-4-6-20/h7-12,15-16,20,24H,2-6,13-14,27H2,1H3,(H,28,30). The monoisotopic (exact) mass is 439 g/mol. The molecule has 4 rings (SSSR count). The van der Waals surface area contributed by atoms with Crippen LogP contribution in [0.3, 0.4) is 0 Å². The van der Waals surface area contributed by atoms with Crippen LogP contribution in [0.2, 0.25) is 5.02 Å². The van der Waals surface area contributed by atoms with Gasteiger partial charge in [0, 0.05) is 28.9 Å². The molecule has 0 radical (unpaired) electrons. The predicted molar refractivity (Wildman–Crippen MR) is 126 cm³/mol. The number of hydrogen-bond acceptors (Lipinski definition) is 3. The zero-order valence-electron chi connectivity index (χ0n) is 17.9. The van der Waals surface area contributed by atoms with Gasteiger partial charge in [0.05, 0.1) is 13.2 Å². The average Bonchev–Trinajstić information content (AvgIpc) is 2.81. The van der Waals surface area contributed by atoms with Gasteiger partial charge in [0.1, 0.15) is 5.75 Å². The van der Waals surface area contributed by atoms with Crippen molar-refractivity contribution in [1.29, 1.82) is 0 Å². The fraction of sp³-hybridized carbons (Fsp3) is 0.400. The van der Waals surface area contributed by atoms with E-state index >= 15 is 0 Å². The predicted octanol–water partition coefficient (Wildman–Crippen LogP) is 5.80. The number of nitrogens with two attached hydrogens (primary N) is 1. The zero-order valence-corrected chi connectivity index (χ0v) is 18.7. The topological polar surface area (TPSA) is 67.6 Å². The van der Waals surface area contributed by atoms with Crippen LogP contribution in [0.1, 0.15) is 55.7 Å². The Bertz CT molecular complexity index is 952. The molecule has 2 aromatic rings. The number of nitrogen functional groups attached to an aromatic ring is 1. The first-order valence-electron chi connectivity index (χ1n) is 11.0. The van der Waals surface area contributed by atoms with E-state index in [1.165, 1.54) is 19.3 Å². The first-order valence-corrected chi connectivity index (χ1v) is 11.4. The van der Waals surface area contributed by atoms with Gasteiger partial charge in [-0.1, -0.05) is 49.1 Å². The Labute approximate surface area is 189 Å². The molecule has 1 heterocycles. The van der Waals surface area contributed by atoms with Crippen molar-refractivity contribution in [3.8, 4) is 5.75 Å². The van der Waals surface area contributed by atoms with Gasteiger partial charge in [-0.15, -0.1) is 0 Å². The summed E-state index contributed by atoms with van der Waals surface area (Å²) in [6, 6.07) is 13.5. The van der Waals surface area contributed by atoms with Gasteiger partial charge in [-0.3, -0.25) is 0 Å². The number of nitrogens with zero attached hydrogens (tertiary/aromatic N) is 1. The lowest BCUT2D eigenvalue weighted by molar-refractivity contribution is 0.177. The smallest absolute Gasteiger partial charge is 0.318 e. The van der Waals surface area contributed by atoms with Gasteiger partial charge in [0.15, 0.2) is 0 Å². The third kappa shape index (κ3) is 4.99. The van der Waals surface area contributed by atoms with Crippen molar-refractivity contribution in [3.63, 3.8) is 0 Å². The van der Waals surface area contributed by atoms with Crippen molar-refractivity contribution in [2.24, 2.45) is 0 Å². The van der Waals surface area contributed by atoms with Gasteiger partial charge in [-0.25, -0.2) is 4.79 Å². The third-order valence-electron chi connectivity index (χ3n) is 6.33. The van der Waals surface area contributed by atoms with E-state index in [9.17, 15) is 4.79 Å². The van der Waals surface area contributed by atoms with Crippen molar-refractivity contribution < 1.29 is 9.53 Å². The number of rotatable bonds is 4. The van der Waals surface area contributed by atoms with E-state index in [0.717, 1.165) is 41.7 Å². The van der Waals surface area contributed by atoms with Crippen LogP contribution >= 0.6 is 11.6 Å². The number of methoxy groups -OCH3 is 1. The van der Waals surface area contributed by atoms with E-state index in [1.807, 2.05) is 41.3 Å². The van der Waals surface area contributed by atoms with Crippen LogP contribution in [0.4, 0.5) is 10.5 Å². The Balaban J connectivity index is 1.65. The summed E-state index contributed by atoms with van der Waals surface area (Å²) < 4.78 is 5.31. The fourth-order valence-corrected chi connectivity index (χ4v) is 4.76. The number of amides is 2. The number of benzene rings is 2. The molecule has 6 heteroatoms. The molecule has 0 aromatic heterocycles. The number of carbonyl (C=O) groups is 1. The Morgan fingerprint density at radius 2 is 1.87 bits per heavy atom. The van der Waals surface area contributed by atoms with Crippen molar-refractivity contribution in [1.82, 2.24) is 10.2 Å². The molecule has 0 bridgehead atoms. The molecule has 1 saturated carbocycles. The van der Waals surface area contributed by atoms with Crippen LogP contribution in [0.25, 0.3) is 5.57 Å². The Morgan fingerprint density at radius 1 is 1.13 bits per heavy atom. The summed E-state index contributed by atoms with van der Waals surface area (Å²) in [7, 11) is 1.65. The van der Waals surface area contributed by atoms with Crippen LogP contribution < -0.4 is 15.8 Å². The van der Waals surface area contributed by atoms with Crippen molar-refractivity contribution in [2.75, 3.05) is 19.4 Å². The van der Waals surface area contributed by atoms with Crippen LogP contribution in [0.5, 0.6) is 5.75 Å². The van der Waals surface area contributed by atoms with Gasteiger partial charge in [-0.05, 0) is 60.7 Å². The van der Waals surface area contributed by atoms with E-state index in [4.69, 9.17) is 22.1 Å². The lowest BCUT2D eigenvalue weighted by Gasteiger charge is -2.37. The van der Waals surface area contributed by atoms with Gasteiger partial charge in [-0.2, -0.15) is 0 Å². The average molecular weight is 440 g/mol. The fourth-order valence-electron chi connectivity index (χ4n) is 4.58. The SMILES string of the molecule is COc1ccc(C2C=C(c3cc(Cl)ccc3N)CCN2C(=O)NC2CCCCC2)cc1. The summed E-state index contributed by atoms with van der Waals surface area (Å²) in [5.41, 5.74) is 10.0. The van der Waals surface area contributed by atoms with Crippen molar-refractivity contribution in [2.45, 2.75) is 50.6 Å². The number of halogens is 1. The first-order chi connectivity index (χ1) is 15.0. The highest BCUT2D eigenvalue weighted by Gasteiger charge is 2.30. The minimum atomic E-state index is -0.184. The van der Waals surface area contributed by atoms with Gasteiger partial charge >= 0.3 is 6.03 Å². The molecular weight excluding hydrogens is 410 g/mol. The second-order valence-electron chi connectivity index (χ2n) is 8.37. The molecule has 1 aliphatic heterocycles. The summed E-state index contributed by atoms with van der Waals surface area (Å²) in [6.45, 7) is 0.618. The van der Waals surface area contributed by atoms with Crippen LogP contribution in [0.15, 0.2) is 48.5 Å². The summed E-state index contributed by atoms with van der Waals surface area (Å²) in [5, 5.41) is 3.93. The summed E-state index contributed by atoms with van der Waals surface area (Å²) in [5.74, 6) is 0.793. The maximum Gasteiger partial charge on any atom is 0.318 e. The van der Waals surface area contributed by atoms with E-state index in [0.29, 0.717) is 17.3 Å². The molecule has 0 spiro atoms. The largest absolute Gasteiger partial charge is 0.497 e. The normalized spacial score (nSPS) is 19.6. The molecular formula is C25H30ClN3O2. The number of hydrogen-bond donors (Lipinski definition) is 2. The molecule has 31 heavy (non-hydrogen) atoms. The highest BCUT2D eigenvalue weighted by molar-refractivity contribution is 6.30. The highest BCUT2D eigenvalue weighted by atomic mass is 35.5. The Morgan fingerprint density at radius 3 is 2.58 bits per heavy atom. The van der Waals surface area contributed by atoms with Crippen LogP contribution in [-0.4, -0.2) is 30.6 Å². The van der Waals surface area contributed by atoms with Gasteiger partial charge < -0.3 is 20.7 Å². The molecule has 164 valence electrons. The van der Waals surface area contributed by atoms with Gasteiger partial charge in [0.2, 0.25) is 0 Å². The number of carbonyl (C=O) groups excluding carboxylic acids is 1. The molecule has 3 N–H and O–H groups in total. The molecule has 0 saturated heterocycles. The quantitative estimate of drug-likeness (QED) is 0.591. The minimum absolute atomic E-state index is 0.00193. The van der Waals surface area contributed by atoms with Crippen molar-refractivity contribution in [3.05, 3.63) is 64.7 Å². The maximum absolute atomic E-state index is 13.3. The maximum atomic E-state index is 13.3. The molecule has 1 aliphatic carbocycles. The molecule has 2 aliphatic rings. The number of urea groups is 1. The zero-order chi connectivity index (χ0) is 21.8. The molecule has 1 atom stereocenters. The van der Waals surface area contributed by atoms with E-state index in [1.54, 1.807) is 13.2 Å². The second kappa shape index (κ2) is 9.65. The van der Waals surface area contributed by atoms with Crippen molar-refractivity contribution >= 4 is 28.9 Å². The van der Waals surface area contributed by atoms with E-state index in [-0.39, 0.29) is 18.1 Å². The summed E-state index contributed by atoms with van der Waals surface area (Å²) in [4.78, 5) is 15.2. The third-order valence-corrected chi connectivity index (χ3v) is 6.56. The van der Waals surface area contributed by atoms with E-state index in [2.05, 4.69) is 11.4 Å². The lowest BCUT2D eigenvalue weighted by atomic mass is 9.91. The number of ether oxygens (including phenoxy) is 1. The second-order valence-corrected chi connectivity index (χ2v) is 8.81. The lowest BCUT2D eigenvalue weighted by Crippen LogP contribution is -2.48. The van der Waals surface area contributed by atoms with Crippen LogP contribution in [-0.2, 0) is 0 Å². The van der Waals surface area contributed by atoms with Crippen LogP contribution in [0, 0.1) is 0 Å². The van der Waals surface area contributed by atoms with E-state index < -0.39 is 0 Å². The number of nitrogens with one attached hydrogen (secondary N) is 1. The first kappa shape index (κ1) is 21.6. The highest BCUT2D eigenvalue weighted by Crippen LogP contribution is 2.37. The van der Waals surface area contributed by atoms with Gasteiger partial charge in [0.25, 0.3) is 0 Å². The molecule has 2 aromatic carbocycles. The molecule has 1 unspecified atom stereocenters. The Kier molecular flexibility index (Phi) is 6.71. The molecule has 2 amide bonds. The molecule has 5 nitrogen and oxygen atoms in total. The minimum Gasteiger partial charge on any atom is -0.497 e.